The fourth-order valence-electron chi connectivity index (χ4n) is 4.72. The number of hydrogen-bond donors (Lipinski definition) is 2. The van der Waals surface area contributed by atoms with Gasteiger partial charge < -0.3 is 15.0 Å². The standard InChI is InChI=1S/C25H26F2N8O3S/c1-13-8-20(33-32-13)29-24-21(14-4-5-14)22(16-11-28-35-6-7-38-12-19(16)35)30-25(31-24)34(2)23-17(26)9-15(10-18(23)27)39(3,36)37/h8-11,14H,4-7,12H2,1-3H3,(H2,29,30,31,32,33). The molecule has 204 valence electrons. The lowest BCUT2D eigenvalue weighted by Crippen LogP contribution is -2.20. The van der Waals surface area contributed by atoms with Gasteiger partial charge in [-0.15, -0.1) is 0 Å². The van der Waals surface area contributed by atoms with Gasteiger partial charge in [0.1, 0.15) is 11.5 Å². The summed E-state index contributed by atoms with van der Waals surface area (Å²) in [5.74, 6) is -0.926. The van der Waals surface area contributed by atoms with Crippen LogP contribution in [0.4, 0.5) is 32.1 Å². The summed E-state index contributed by atoms with van der Waals surface area (Å²) in [4.78, 5) is 10.2. The van der Waals surface area contributed by atoms with Crippen LogP contribution in [0.1, 0.15) is 35.7 Å². The Morgan fingerprint density at radius 1 is 1.18 bits per heavy atom. The van der Waals surface area contributed by atoms with Crippen LogP contribution in [0.15, 0.2) is 29.3 Å². The smallest absolute Gasteiger partial charge is 0.232 e. The highest BCUT2D eigenvalue weighted by Crippen LogP contribution is 2.48. The molecule has 4 aromatic rings. The van der Waals surface area contributed by atoms with E-state index in [1.807, 2.05) is 17.7 Å². The van der Waals surface area contributed by atoms with E-state index < -0.39 is 32.1 Å². The zero-order chi connectivity index (χ0) is 27.5. The number of anilines is 4. The predicted molar refractivity (Wildman–Crippen MR) is 139 cm³/mol. The van der Waals surface area contributed by atoms with E-state index in [1.54, 1.807) is 6.20 Å². The maximum Gasteiger partial charge on any atom is 0.232 e. The van der Waals surface area contributed by atoms with Crippen molar-refractivity contribution < 1.29 is 21.9 Å². The van der Waals surface area contributed by atoms with Crippen LogP contribution in [0, 0.1) is 18.6 Å². The lowest BCUT2D eigenvalue weighted by molar-refractivity contribution is 0.0804. The molecule has 0 unspecified atom stereocenters. The van der Waals surface area contributed by atoms with Crippen molar-refractivity contribution in [3.8, 4) is 11.3 Å². The Bertz CT molecular complexity index is 1670. The van der Waals surface area contributed by atoms with Crippen molar-refractivity contribution in [1.29, 1.82) is 0 Å². The molecule has 11 nitrogen and oxygen atoms in total. The first kappa shape index (κ1) is 25.4. The number of aromatic amines is 1. The molecule has 0 bridgehead atoms. The highest BCUT2D eigenvalue weighted by molar-refractivity contribution is 7.90. The Hall–Kier alpha value is -3.91. The Kier molecular flexibility index (Phi) is 6.10. The maximum atomic E-state index is 15.2. The van der Waals surface area contributed by atoms with Gasteiger partial charge in [-0.25, -0.2) is 22.2 Å². The first-order valence-electron chi connectivity index (χ1n) is 12.4. The van der Waals surface area contributed by atoms with Crippen LogP contribution in [-0.4, -0.2) is 58.3 Å². The van der Waals surface area contributed by atoms with Crippen LogP contribution in [0.5, 0.6) is 0 Å². The molecule has 4 heterocycles. The van der Waals surface area contributed by atoms with Crippen molar-refractivity contribution in [2.45, 2.75) is 43.7 Å². The number of H-pyrrole nitrogens is 1. The zero-order valence-corrected chi connectivity index (χ0v) is 22.3. The molecule has 0 saturated heterocycles. The molecule has 0 radical (unpaired) electrons. The van der Waals surface area contributed by atoms with Gasteiger partial charge in [0.15, 0.2) is 27.3 Å². The van der Waals surface area contributed by atoms with E-state index in [-0.39, 0.29) is 11.9 Å². The molecule has 0 spiro atoms. The van der Waals surface area contributed by atoms with Crippen LogP contribution >= 0.6 is 0 Å². The Balaban J connectivity index is 1.54. The first-order chi connectivity index (χ1) is 18.6. The summed E-state index contributed by atoms with van der Waals surface area (Å²) in [7, 11) is -2.39. The molecule has 1 fully saturated rings. The van der Waals surface area contributed by atoms with Gasteiger partial charge in [0, 0.05) is 36.2 Å². The van der Waals surface area contributed by atoms with Crippen molar-refractivity contribution in [2.75, 3.05) is 30.1 Å². The van der Waals surface area contributed by atoms with Gasteiger partial charge in [-0.2, -0.15) is 15.2 Å². The van der Waals surface area contributed by atoms with Gasteiger partial charge in [-0.05, 0) is 37.8 Å². The lowest BCUT2D eigenvalue weighted by Gasteiger charge is -2.23. The third-order valence-corrected chi connectivity index (χ3v) is 7.91. The first-order valence-corrected chi connectivity index (χ1v) is 14.3. The number of benzene rings is 1. The number of rotatable bonds is 7. The van der Waals surface area contributed by atoms with Gasteiger partial charge in [-0.1, -0.05) is 0 Å². The number of halogens is 2. The quantitative estimate of drug-likeness (QED) is 0.347. The molecule has 14 heteroatoms. The van der Waals surface area contributed by atoms with Crippen molar-refractivity contribution in [1.82, 2.24) is 29.9 Å². The van der Waals surface area contributed by atoms with E-state index in [0.717, 1.165) is 53.7 Å². The summed E-state index contributed by atoms with van der Waals surface area (Å²) in [5.41, 5.74) is 3.42. The fraction of sp³-hybridized carbons (Fsp3) is 0.360. The Morgan fingerprint density at radius 2 is 1.92 bits per heavy atom. The van der Waals surface area contributed by atoms with Crippen LogP contribution < -0.4 is 10.2 Å². The average molecular weight is 557 g/mol. The number of aryl methyl sites for hydroxylation is 1. The summed E-state index contributed by atoms with van der Waals surface area (Å²) >= 11 is 0. The van der Waals surface area contributed by atoms with Crippen LogP contribution in [-0.2, 0) is 27.7 Å². The van der Waals surface area contributed by atoms with Crippen molar-refractivity contribution in [3.05, 3.63) is 53.0 Å². The monoisotopic (exact) mass is 556 g/mol. The Labute approximate surface area is 223 Å². The molecule has 1 aliphatic heterocycles. The largest absolute Gasteiger partial charge is 0.373 e. The topological polar surface area (TPSA) is 131 Å². The van der Waals surface area contributed by atoms with Crippen molar-refractivity contribution in [2.24, 2.45) is 0 Å². The van der Waals surface area contributed by atoms with E-state index in [9.17, 15) is 8.42 Å². The highest BCUT2D eigenvalue weighted by atomic mass is 32.2. The molecule has 2 aliphatic rings. The normalized spacial score (nSPS) is 15.3. The van der Waals surface area contributed by atoms with E-state index in [0.29, 0.717) is 37.1 Å². The van der Waals surface area contributed by atoms with Gasteiger partial charge in [0.05, 0.1) is 42.2 Å². The molecule has 1 aliphatic carbocycles. The van der Waals surface area contributed by atoms with Crippen LogP contribution in [0.3, 0.4) is 0 Å². The van der Waals surface area contributed by atoms with Crippen LogP contribution in [0.25, 0.3) is 11.3 Å². The zero-order valence-electron chi connectivity index (χ0n) is 21.5. The fourth-order valence-corrected chi connectivity index (χ4v) is 5.36. The third-order valence-electron chi connectivity index (χ3n) is 6.82. The lowest BCUT2D eigenvalue weighted by atomic mass is 10.0. The average Bonchev–Trinajstić information content (AvgIpc) is 3.50. The molecule has 1 aromatic carbocycles. The number of nitrogens with one attached hydrogen (secondary N) is 2. The minimum atomic E-state index is -3.82. The molecule has 39 heavy (non-hydrogen) atoms. The maximum absolute atomic E-state index is 15.2. The number of hydrogen-bond acceptors (Lipinski definition) is 9. The van der Waals surface area contributed by atoms with E-state index in [4.69, 9.17) is 14.7 Å². The Morgan fingerprint density at radius 3 is 2.56 bits per heavy atom. The highest BCUT2D eigenvalue weighted by Gasteiger charge is 2.34. The second-order valence-corrected chi connectivity index (χ2v) is 11.8. The SMILES string of the molecule is Cc1cc(Nc2nc(N(C)c3c(F)cc(S(C)(=O)=O)cc3F)nc(-c3cnn4c3COCC4)c2C2CC2)n[nH]1. The van der Waals surface area contributed by atoms with E-state index >= 15 is 8.78 Å². The third kappa shape index (κ3) is 4.74. The number of fused-ring (bicyclic) bond motifs is 1. The number of nitrogens with zero attached hydrogens (tertiary/aromatic N) is 6. The minimum Gasteiger partial charge on any atom is -0.373 e. The molecule has 1 saturated carbocycles. The number of aromatic nitrogens is 6. The molecule has 3 aromatic heterocycles. The minimum absolute atomic E-state index is 0.00532. The second kappa shape index (κ2) is 9.38. The molecule has 6 rings (SSSR count). The van der Waals surface area contributed by atoms with E-state index in [2.05, 4.69) is 20.6 Å². The van der Waals surface area contributed by atoms with E-state index in [1.165, 1.54) is 11.9 Å². The summed E-state index contributed by atoms with van der Waals surface area (Å²) in [6.07, 6.45) is 4.50. The molecule has 0 amide bonds. The van der Waals surface area contributed by atoms with Gasteiger partial charge >= 0.3 is 0 Å². The number of sulfone groups is 1. The van der Waals surface area contributed by atoms with Crippen molar-refractivity contribution >= 4 is 33.1 Å². The molecular formula is C25H26F2N8O3S. The molecule has 0 atom stereocenters. The summed E-state index contributed by atoms with van der Waals surface area (Å²) in [5, 5.41) is 14.9. The summed E-state index contributed by atoms with van der Waals surface area (Å²) in [6.45, 7) is 3.38. The summed E-state index contributed by atoms with van der Waals surface area (Å²) in [6, 6.07) is 3.41. The predicted octanol–water partition coefficient (Wildman–Crippen LogP) is 3.97. The van der Waals surface area contributed by atoms with Gasteiger partial charge in [0.25, 0.3) is 0 Å². The second-order valence-electron chi connectivity index (χ2n) is 9.82. The molecular weight excluding hydrogens is 530 g/mol. The van der Waals surface area contributed by atoms with Crippen molar-refractivity contribution in [3.63, 3.8) is 0 Å². The number of ether oxygens (including phenoxy) is 1. The molecule has 2 N–H and O–H groups in total. The van der Waals surface area contributed by atoms with Gasteiger partial charge in [-0.3, -0.25) is 9.78 Å². The van der Waals surface area contributed by atoms with Gasteiger partial charge in [0.2, 0.25) is 5.95 Å². The van der Waals surface area contributed by atoms with Crippen LogP contribution in [0.2, 0.25) is 0 Å². The summed E-state index contributed by atoms with van der Waals surface area (Å²) < 4.78 is 61.7.